The van der Waals surface area contributed by atoms with Gasteiger partial charge in [-0.1, -0.05) is 30.3 Å². The molecule has 0 saturated heterocycles. The van der Waals surface area contributed by atoms with Gasteiger partial charge in [0, 0.05) is 24.8 Å². The van der Waals surface area contributed by atoms with Crippen LogP contribution >= 0.6 is 0 Å². The van der Waals surface area contributed by atoms with Gasteiger partial charge in [0.15, 0.2) is 0 Å². The number of nitrogens with zero attached hydrogens (tertiary/aromatic N) is 3. The molecule has 29 heavy (non-hydrogen) atoms. The summed E-state index contributed by atoms with van der Waals surface area (Å²) in [4.78, 5) is 23.7. The van der Waals surface area contributed by atoms with Crippen molar-refractivity contribution in [3.8, 4) is 0 Å². The average molecular weight is 390 g/mol. The monoisotopic (exact) mass is 390 g/mol. The largest absolute Gasteiger partial charge is 0.370 e. The second kappa shape index (κ2) is 8.39. The lowest BCUT2D eigenvalue weighted by atomic mass is 10.0. The van der Waals surface area contributed by atoms with E-state index in [4.69, 9.17) is 0 Å². The molecule has 2 heterocycles. The predicted octanol–water partition coefficient (Wildman–Crippen LogP) is 4.17. The molecule has 1 N–H and O–H groups in total. The van der Waals surface area contributed by atoms with Crippen molar-refractivity contribution in [2.24, 2.45) is 0 Å². The van der Waals surface area contributed by atoms with Crippen molar-refractivity contribution >= 4 is 17.4 Å². The Kier molecular flexibility index (Phi) is 5.51. The molecule has 1 aromatic heterocycles. The van der Waals surface area contributed by atoms with E-state index in [0.29, 0.717) is 30.4 Å². The molecule has 1 aliphatic rings. The number of carbonyl (C=O) groups excluding carboxylic acids is 1. The molecule has 0 radical (unpaired) electrons. The zero-order valence-electron chi connectivity index (χ0n) is 16.4. The van der Waals surface area contributed by atoms with Crippen LogP contribution in [0, 0.1) is 12.7 Å². The number of fused-ring (bicyclic) bond motifs is 1. The van der Waals surface area contributed by atoms with Gasteiger partial charge < -0.3 is 10.2 Å². The molecule has 0 atom stereocenters. The number of rotatable bonds is 5. The van der Waals surface area contributed by atoms with Gasteiger partial charge in [-0.05, 0) is 55.5 Å². The maximum Gasteiger partial charge on any atom is 0.277 e. The molecule has 0 fully saturated rings. The summed E-state index contributed by atoms with van der Waals surface area (Å²) in [5, 5.41) is 3.25. The molecule has 1 amide bonds. The summed E-state index contributed by atoms with van der Waals surface area (Å²) in [5.41, 5.74) is 3.57. The standard InChI is InChI=1S/C23H23FN4O/c1-16-26-20(23(29)28-14-4-6-18-5-2-3-7-21(18)28)15-22(27-16)25-13-12-17-8-10-19(24)11-9-17/h2-3,5,7-11,15H,4,6,12-14H2,1H3,(H,25,26,27). The molecule has 4 rings (SSSR count). The minimum Gasteiger partial charge on any atom is -0.370 e. The van der Waals surface area contributed by atoms with Crippen molar-refractivity contribution in [3.05, 3.63) is 83.1 Å². The molecular formula is C23H23FN4O. The summed E-state index contributed by atoms with van der Waals surface area (Å²) >= 11 is 0. The topological polar surface area (TPSA) is 58.1 Å². The molecule has 0 saturated carbocycles. The number of halogens is 1. The number of hydrogen-bond donors (Lipinski definition) is 1. The van der Waals surface area contributed by atoms with Crippen LogP contribution in [0.3, 0.4) is 0 Å². The van der Waals surface area contributed by atoms with Crippen molar-refractivity contribution in [2.75, 3.05) is 23.3 Å². The van der Waals surface area contributed by atoms with Gasteiger partial charge in [0.2, 0.25) is 0 Å². The molecule has 5 nitrogen and oxygen atoms in total. The minimum atomic E-state index is -0.240. The van der Waals surface area contributed by atoms with Crippen molar-refractivity contribution in [1.29, 1.82) is 0 Å². The first-order chi connectivity index (χ1) is 14.1. The molecule has 6 heteroatoms. The van der Waals surface area contributed by atoms with E-state index in [9.17, 15) is 9.18 Å². The fraction of sp³-hybridized carbons (Fsp3) is 0.261. The first-order valence-electron chi connectivity index (χ1n) is 9.84. The number of nitrogens with one attached hydrogen (secondary N) is 1. The van der Waals surface area contributed by atoms with Crippen LogP contribution in [-0.4, -0.2) is 29.0 Å². The Balaban J connectivity index is 1.48. The van der Waals surface area contributed by atoms with Crippen LogP contribution in [-0.2, 0) is 12.8 Å². The van der Waals surface area contributed by atoms with Crippen LogP contribution in [0.4, 0.5) is 15.9 Å². The van der Waals surface area contributed by atoms with Crippen LogP contribution < -0.4 is 10.2 Å². The first-order valence-corrected chi connectivity index (χ1v) is 9.84. The first kappa shape index (κ1) is 19.1. The quantitative estimate of drug-likeness (QED) is 0.710. The zero-order chi connectivity index (χ0) is 20.2. The maximum absolute atomic E-state index is 13.2. The summed E-state index contributed by atoms with van der Waals surface area (Å²) in [5.74, 6) is 0.818. The molecule has 2 aromatic carbocycles. The second-order valence-electron chi connectivity index (χ2n) is 7.18. The van der Waals surface area contributed by atoms with Crippen LogP contribution in [0.1, 0.15) is 33.9 Å². The number of amides is 1. The lowest BCUT2D eigenvalue weighted by Crippen LogP contribution is -2.36. The summed E-state index contributed by atoms with van der Waals surface area (Å²) in [6.45, 7) is 3.10. The Morgan fingerprint density at radius 1 is 1.14 bits per heavy atom. The number of hydrogen-bond acceptors (Lipinski definition) is 4. The van der Waals surface area contributed by atoms with Gasteiger partial charge in [-0.2, -0.15) is 0 Å². The van der Waals surface area contributed by atoms with E-state index in [-0.39, 0.29) is 11.7 Å². The number of benzene rings is 2. The molecule has 0 aliphatic carbocycles. The molecule has 0 spiro atoms. The van der Waals surface area contributed by atoms with Crippen LogP contribution in [0.25, 0.3) is 0 Å². The third kappa shape index (κ3) is 4.42. The van der Waals surface area contributed by atoms with Crippen LogP contribution in [0.2, 0.25) is 0 Å². The Morgan fingerprint density at radius 3 is 2.76 bits per heavy atom. The van der Waals surface area contributed by atoms with E-state index in [1.807, 2.05) is 23.1 Å². The number of aromatic nitrogens is 2. The van der Waals surface area contributed by atoms with E-state index < -0.39 is 0 Å². The van der Waals surface area contributed by atoms with Crippen molar-refractivity contribution in [3.63, 3.8) is 0 Å². The summed E-state index contributed by atoms with van der Waals surface area (Å²) < 4.78 is 13.0. The lowest BCUT2D eigenvalue weighted by molar-refractivity contribution is 0.0980. The fourth-order valence-corrected chi connectivity index (χ4v) is 3.64. The predicted molar refractivity (Wildman–Crippen MR) is 112 cm³/mol. The summed E-state index contributed by atoms with van der Waals surface area (Å²) in [6.07, 6.45) is 2.65. The normalized spacial score (nSPS) is 13.1. The Morgan fingerprint density at radius 2 is 1.93 bits per heavy atom. The number of anilines is 2. The SMILES string of the molecule is Cc1nc(NCCc2ccc(F)cc2)cc(C(=O)N2CCCc3ccccc32)n1. The molecule has 0 bridgehead atoms. The number of carbonyl (C=O) groups is 1. The number of aryl methyl sites for hydroxylation is 2. The summed E-state index contributed by atoms with van der Waals surface area (Å²) in [6, 6.07) is 16.2. The van der Waals surface area contributed by atoms with Gasteiger partial charge in [0.05, 0.1) is 0 Å². The van der Waals surface area contributed by atoms with E-state index in [2.05, 4.69) is 21.4 Å². The van der Waals surface area contributed by atoms with Gasteiger partial charge in [-0.15, -0.1) is 0 Å². The third-order valence-electron chi connectivity index (χ3n) is 5.05. The van der Waals surface area contributed by atoms with E-state index in [0.717, 1.165) is 30.5 Å². The van der Waals surface area contributed by atoms with E-state index in [1.165, 1.54) is 17.7 Å². The highest BCUT2D eigenvalue weighted by molar-refractivity contribution is 6.05. The van der Waals surface area contributed by atoms with Gasteiger partial charge in [0.1, 0.15) is 23.2 Å². The average Bonchev–Trinajstić information content (AvgIpc) is 2.74. The molecule has 1 aliphatic heterocycles. The zero-order valence-corrected chi connectivity index (χ0v) is 16.4. The van der Waals surface area contributed by atoms with E-state index in [1.54, 1.807) is 25.1 Å². The third-order valence-corrected chi connectivity index (χ3v) is 5.05. The smallest absolute Gasteiger partial charge is 0.277 e. The Bertz CT molecular complexity index is 1020. The Hall–Kier alpha value is -3.28. The van der Waals surface area contributed by atoms with Crippen molar-refractivity contribution in [1.82, 2.24) is 9.97 Å². The summed E-state index contributed by atoms with van der Waals surface area (Å²) in [7, 11) is 0. The number of para-hydroxylation sites is 1. The highest BCUT2D eigenvalue weighted by Gasteiger charge is 2.24. The van der Waals surface area contributed by atoms with Gasteiger partial charge >= 0.3 is 0 Å². The maximum atomic E-state index is 13.2. The molecule has 0 unspecified atom stereocenters. The van der Waals surface area contributed by atoms with Crippen LogP contribution in [0.15, 0.2) is 54.6 Å². The van der Waals surface area contributed by atoms with Gasteiger partial charge in [0.25, 0.3) is 5.91 Å². The van der Waals surface area contributed by atoms with Crippen molar-refractivity contribution in [2.45, 2.75) is 26.2 Å². The van der Waals surface area contributed by atoms with Gasteiger partial charge in [-0.3, -0.25) is 4.79 Å². The fourth-order valence-electron chi connectivity index (χ4n) is 3.64. The molecule has 148 valence electrons. The highest BCUT2D eigenvalue weighted by Crippen LogP contribution is 2.28. The highest BCUT2D eigenvalue weighted by atomic mass is 19.1. The second-order valence-corrected chi connectivity index (χ2v) is 7.18. The van der Waals surface area contributed by atoms with Gasteiger partial charge in [-0.25, -0.2) is 14.4 Å². The lowest BCUT2D eigenvalue weighted by Gasteiger charge is -2.29. The van der Waals surface area contributed by atoms with E-state index >= 15 is 0 Å². The Labute approximate surface area is 169 Å². The minimum absolute atomic E-state index is 0.107. The molecule has 3 aromatic rings. The van der Waals surface area contributed by atoms with Crippen molar-refractivity contribution < 1.29 is 9.18 Å². The molecular weight excluding hydrogens is 367 g/mol. The van der Waals surface area contributed by atoms with Crippen LogP contribution in [0.5, 0.6) is 0 Å².